The second kappa shape index (κ2) is 5.16. The molecule has 2 nitrogen and oxygen atoms in total. The molecule has 0 N–H and O–H groups in total. The van der Waals surface area contributed by atoms with Crippen molar-refractivity contribution in [2.24, 2.45) is 0 Å². The van der Waals surface area contributed by atoms with Gasteiger partial charge < -0.3 is 4.90 Å². The lowest BCUT2D eigenvalue weighted by Crippen LogP contribution is -2.35. The van der Waals surface area contributed by atoms with Crippen molar-refractivity contribution in [1.29, 1.82) is 0 Å². The number of thiophene rings is 1. The van der Waals surface area contributed by atoms with E-state index in [0.717, 1.165) is 6.42 Å². The highest BCUT2D eigenvalue weighted by molar-refractivity contribution is 7.10. The van der Waals surface area contributed by atoms with Crippen molar-refractivity contribution in [2.45, 2.75) is 13.0 Å². The third kappa shape index (κ3) is 2.38. The van der Waals surface area contributed by atoms with Crippen LogP contribution in [-0.4, -0.2) is 17.4 Å². The van der Waals surface area contributed by atoms with Crippen LogP contribution in [0.4, 0.5) is 0 Å². The summed E-state index contributed by atoms with van der Waals surface area (Å²) in [5, 5.41) is 2.89. The number of benzene rings is 1. The van der Waals surface area contributed by atoms with Gasteiger partial charge in [0.05, 0.1) is 15.6 Å². The lowest BCUT2D eigenvalue weighted by Gasteiger charge is -2.27. The van der Waals surface area contributed by atoms with Gasteiger partial charge in [-0.25, -0.2) is 0 Å². The topological polar surface area (TPSA) is 20.3 Å². The van der Waals surface area contributed by atoms with Crippen LogP contribution in [0.25, 0.3) is 0 Å². The van der Waals surface area contributed by atoms with Crippen molar-refractivity contribution in [3.8, 4) is 0 Å². The maximum Gasteiger partial charge on any atom is 0.257 e. The maximum absolute atomic E-state index is 12.5. The van der Waals surface area contributed by atoms with Crippen LogP contribution >= 0.6 is 34.5 Å². The summed E-state index contributed by atoms with van der Waals surface area (Å²) in [5.41, 5.74) is 1.64. The molecule has 0 spiro atoms. The van der Waals surface area contributed by atoms with E-state index in [9.17, 15) is 4.79 Å². The first kappa shape index (κ1) is 13.0. The van der Waals surface area contributed by atoms with Crippen LogP contribution in [-0.2, 0) is 13.0 Å². The van der Waals surface area contributed by atoms with Gasteiger partial charge in [0.1, 0.15) is 0 Å². The molecule has 1 aromatic carbocycles. The molecule has 3 rings (SSSR count). The molecule has 0 radical (unpaired) electrons. The van der Waals surface area contributed by atoms with Gasteiger partial charge in [-0.05, 0) is 35.6 Å². The predicted octanol–water partition coefficient (Wildman–Crippen LogP) is 4.25. The molecular formula is C14H11Cl2NOS. The van der Waals surface area contributed by atoms with Gasteiger partial charge in [-0.15, -0.1) is 11.3 Å². The zero-order valence-electron chi connectivity index (χ0n) is 10.0. The Kier molecular flexibility index (Phi) is 3.52. The summed E-state index contributed by atoms with van der Waals surface area (Å²) in [4.78, 5) is 15.7. The molecule has 0 unspecified atom stereocenters. The van der Waals surface area contributed by atoms with Crippen LogP contribution in [0.1, 0.15) is 20.8 Å². The van der Waals surface area contributed by atoms with E-state index >= 15 is 0 Å². The van der Waals surface area contributed by atoms with Gasteiger partial charge in [0.25, 0.3) is 5.91 Å². The van der Waals surface area contributed by atoms with Gasteiger partial charge in [-0.3, -0.25) is 4.79 Å². The average molecular weight is 312 g/mol. The van der Waals surface area contributed by atoms with Crippen molar-refractivity contribution in [3.63, 3.8) is 0 Å². The third-order valence-corrected chi connectivity index (χ3v) is 4.92. The Morgan fingerprint density at radius 3 is 2.68 bits per heavy atom. The van der Waals surface area contributed by atoms with E-state index in [2.05, 4.69) is 11.4 Å². The fraction of sp³-hybridized carbons (Fsp3) is 0.214. The summed E-state index contributed by atoms with van der Waals surface area (Å²) >= 11 is 13.9. The molecule has 2 aromatic rings. The Morgan fingerprint density at radius 2 is 1.95 bits per heavy atom. The van der Waals surface area contributed by atoms with E-state index in [0.29, 0.717) is 28.7 Å². The molecule has 2 heterocycles. The van der Waals surface area contributed by atoms with E-state index in [-0.39, 0.29) is 5.91 Å². The van der Waals surface area contributed by atoms with Crippen molar-refractivity contribution >= 4 is 40.4 Å². The smallest absolute Gasteiger partial charge is 0.257 e. The van der Waals surface area contributed by atoms with Crippen LogP contribution in [0.5, 0.6) is 0 Å². The molecule has 0 aliphatic carbocycles. The average Bonchev–Trinajstić information content (AvgIpc) is 2.85. The summed E-state index contributed by atoms with van der Waals surface area (Å²) < 4.78 is 0. The number of halogens is 2. The zero-order valence-corrected chi connectivity index (χ0v) is 12.4. The van der Waals surface area contributed by atoms with Crippen LogP contribution in [0.3, 0.4) is 0 Å². The highest BCUT2D eigenvalue weighted by atomic mass is 35.5. The van der Waals surface area contributed by atoms with Crippen LogP contribution in [0.15, 0.2) is 29.6 Å². The highest BCUT2D eigenvalue weighted by Crippen LogP contribution is 2.29. The molecule has 0 saturated heterocycles. The number of rotatable bonds is 1. The molecule has 1 aliphatic rings. The first-order chi connectivity index (χ1) is 9.16. The SMILES string of the molecule is O=C(c1c(Cl)cccc1Cl)N1CCc2sccc2C1. The van der Waals surface area contributed by atoms with E-state index in [4.69, 9.17) is 23.2 Å². The molecule has 98 valence electrons. The van der Waals surface area contributed by atoms with Gasteiger partial charge in [-0.1, -0.05) is 29.3 Å². The number of carbonyl (C=O) groups excluding carboxylic acids is 1. The Morgan fingerprint density at radius 1 is 1.21 bits per heavy atom. The molecular weight excluding hydrogens is 301 g/mol. The van der Waals surface area contributed by atoms with Crippen molar-refractivity contribution < 1.29 is 4.79 Å². The largest absolute Gasteiger partial charge is 0.334 e. The highest BCUT2D eigenvalue weighted by Gasteiger charge is 2.25. The standard InChI is InChI=1S/C14H11Cl2NOS/c15-10-2-1-3-11(16)13(10)14(18)17-6-4-12-9(8-17)5-7-19-12/h1-3,5,7H,4,6,8H2. The molecule has 0 fully saturated rings. The fourth-order valence-corrected chi connectivity index (χ4v) is 3.73. The van der Waals surface area contributed by atoms with Gasteiger partial charge in [0.15, 0.2) is 0 Å². The Hall–Kier alpha value is -1.03. The second-order valence-corrected chi connectivity index (χ2v) is 6.26. The minimum atomic E-state index is -0.0903. The number of amides is 1. The number of hydrogen-bond donors (Lipinski definition) is 0. The van der Waals surface area contributed by atoms with Gasteiger partial charge >= 0.3 is 0 Å². The molecule has 0 atom stereocenters. The molecule has 1 amide bonds. The molecule has 5 heteroatoms. The quantitative estimate of drug-likeness (QED) is 0.771. The van der Waals surface area contributed by atoms with Crippen molar-refractivity contribution in [1.82, 2.24) is 4.90 Å². The van der Waals surface area contributed by atoms with Crippen molar-refractivity contribution in [2.75, 3.05) is 6.54 Å². The van der Waals surface area contributed by atoms with Crippen LogP contribution in [0.2, 0.25) is 10.0 Å². The minimum Gasteiger partial charge on any atom is -0.334 e. The van der Waals surface area contributed by atoms with Gasteiger partial charge in [0.2, 0.25) is 0 Å². The van der Waals surface area contributed by atoms with E-state index in [1.807, 2.05) is 4.90 Å². The van der Waals surface area contributed by atoms with Crippen LogP contribution in [0, 0.1) is 0 Å². The normalized spacial score (nSPS) is 14.3. The lowest BCUT2D eigenvalue weighted by molar-refractivity contribution is 0.0736. The Bertz CT molecular complexity index is 618. The summed E-state index contributed by atoms with van der Waals surface area (Å²) in [6.45, 7) is 1.35. The van der Waals surface area contributed by atoms with Gasteiger partial charge in [0, 0.05) is 18.0 Å². The molecule has 1 aliphatic heterocycles. The predicted molar refractivity (Wildman–Crippen MR) is 79.2 cm³/mol. The van der Waals surface area contributed by atoms with Crippen LogP contribution < -0.4 is 0 Å². The summed E-state index contributed by atoms with van der Waals surface area (Å²) in [6.07, 6.45) is 0.904. The van der Waals surface area contributed by atoms with E-state index < -0.39 is 0 Å². The van der Waals surface area contributed by atoms with Gasteiger partial charge in [-0.2, -0.15) is 0 Å². The zero-order chi connectivity index (χ0) is 13.4. The van der Waals surface area contributed by atoms with Crippen molar-refractivity contribution in [3.05, 3.63) is 55.7 Å². The monoisotopic (exact) mass is 311 g/mol. The molecule has 0 bridgehead atoms. The Balaban J connectivity index is 1.90. The molecule has 0 saturated carbocycles. The third-order valence-electron chi connectivity index (χ3n) is 3.27. The summed E-state index contributed by atoms with van der Waals surface area (Å²) in [5.74, 6) is -0.0903. The number of carbonyl (C=O) groups is 1. The number of hydrogen-bond acceptors (Lipinski definition) is 2. The number of nitrogens with zero attached hydrogens (tertiary/aromatic N) is 1. The summed E-state index contributed by atoms with van der Waals surface area (Å²) in [7, 11) is 0. The lowest BCUT2D eigenvalue weighted by atomic mass is 10.1. The minimum absolute atomic E-state index is 0.0903. The first-order valence-electron chi connectivity index (χ1n) is 5.95. The maximum atomic E-state index is 12.5. The molecule has 1 aromatic heterocycles. The molecule has 19 heavy (non-hydrogen) atoms. The van der Waals surface area contributed by atoms with E-state index in [1.54, 1.807) is 29.5 Å². The second-order valence-electron chi connectivity index (χ2n) is 4.44. The number of fused-ring (bicyclic) bond motifs is 1. The van der Waals surface area contributed by atoms with E-state index in [1.165, 1.54) is 10.4 Å². The summed E-state index contributed by atoms with van der Waals surface area (Å²) in [6, 6.07) is 7.21. The first-order valence-corrected chi connectivity index (χ1v) is 7.59. The Labute approximate surface area is 125 Å². The fourth-order valence-electron chi connectivity index (χ4n) is 2.28.